The molecule has 2 atom stereocenters. The molecule has 140 valence electrons. The quantitative estimate of drug-likeness (QED) is 0.800. The predicted molar refractivity (Wildman–Crippen MR) is 102 cm³/mol. The summed E-state index contributed by atoms with van der Waals surface area (Å²) in [6, 6.07) is 13.2. The Morgan fingerprint density at radius 2 is 1.93 bits per heavy atom. The van der Waals surface area contributed by atoms with Gasteiger partial charge in [-0.15, -0.1) is 0 Å². The molecule has 2 fully saturated rings. The SMILES string of the molecule is CC(NC(=O)CN1C(=O)NC(C)(C2CC2)C1=O)c1cccc2ccccc12. The van der Waals surface area contributed by atoms with Gasteiger partial charge in [0.2, 0.25) is 5.91 Å². The van der Waals surface area contributed by atoms with Crippen LogP contribution in [0.2, 0.25) is 0 Å². The lowest BCUT2D eigenvalue weighted by atomic mass is 9.96. The monoisotopic (exact) mass is 365 g/mol. The Kier molecular flexibility index (Phi) is 4.13. The van der Waals surface area contributed by atoms with Crippen LogP contribution in [0.3, 0.4) is 0 Å². The van der Waals surface area contributed by atoms with Gasteiger partial charge >= 0.3 is 6.03 Å². The van der Waals surface area contributed by atoms with E-state index in [0.29, 0.717) is 0 Å². The molecule has 0 radical (unpaired) electrons. The molecule has 4 amide bonds. The van der Waals surface area contributed by atoms with Crippen molar-refractivity contribution < 1.29 is 14.4 Å². The number of imide groups is 1. The summed E-state index contributed by atoms with van der Waals surface area (Å²) in [4.78, 5) is 38.4. The van der Waals surface area contributed by atoms with Crippen LogP contribution in [0.5, 0.6) is 0 Å². The lowest BCUT2D eigenvalue weighted by Gasteiger charge is -2.21. The van der Waals surface area contributed by atoms with E-state index >= 15 is 0 Å². The zero-order chi connectivity index (χ0) is 19.2. The van der Waals surface area contributed by atoms with Gasteiger partial charge in [-0.3, -0.25) is 14.5 Å². The van der Waals surface area contributed by atoms with Gasteiger partial charge in [-0.05, 0) is 48.9 Å². The highest BCUT2D eigenvalue weighted by Crippen LogP contribution is 2.42. The Balaban J connectivity index is 1.46. The molecule has 0 spiro atoms. The number of rotatable bonds is 5. The Morgan fingerprint density at radius 3 is 2.67 bits per heavy atom. The fourth-order valence-corrected chi connectivity index (χ4v) is 3.93. The molecule has 1 saturated heterocycles. The molecule has 0 bridgehead atoms. The van der Waals surface area contributed by atoms with Gasteiger partial charge in [0.05, 0.1) is 6.04 Å². The minimum Gasteiger partial charge on any atom is -0.348 e. The van der Waals surface area contributed by atoms with E-state index in [4.69, 9.17) is 0 Å². The summed E-state index contributed by atoms with van der Waals surface area (Å²) in [7, 11) is 0. The molecule has 0 aromatic heterocycles. The highest BCUT2D eigenvalue weighted by molar-refractivity contribution is 6.09. The van der Waals surface area contributed by atoms with E-state index in [0.717, 1.165) is 34.1 Å². The maximum Gasteiger partial charge on any atom is 0.325 e. The number of carbonyl (C=O) groups is 3. The first-order valence-electron chi connectivity index (χ1n) is 9.31. The summed E-state index contributed by atoms with van der Waals surface area (Å²) >= 11 is 0. The van der Waals surface area contributed by atoms with Crippen molar-refractivity contribution in [1.29, 1.82) is 0 Å². The maximum atomic E-state index is 12.6. The molecule has 1 heterocycles. The normalized spacial score (nSPS) is 23.4. The zero-order valence-electron chi connectivity index (χ0n) is 15.5. The fraction of sp³-hybridized carbons (Fsp3) is 0.381. The molecular formula is C21H23N3O3. The second-order valence-electron chi connectivity index (χ2n) is 7.66. The van der Waals surface area contributed by atoms with E-state index < -0.39 is 11.6 Å². The van der Waals surface area contributed by atoms with Gasteiger partial charge in [0.1, 0.15) is 12.1 Å². The molecule has 1 saturated carbocycles. The molecule has 1 aliphatic heterocycles. The van der Waals surface area contributed by atoms with Crippen LogP contribution in [0.4, 0.5) is 4.79 Å². The summed E-state index contributed by atoms with van der Waals surface area (Å²) < 4.78 is 0. The molecule has 2 aromatic carbocycles. The van der Waals surface area contributed by atoms with Crippen molar-refractivity contribution >= 4 is 28.6 Å². The summed E-state index contributed by atoms with van der Waals surface area (Å²) in [5.41, 5.74) is 0.139. The van der Waals surface area contributed by atoms with Crippen LogP contribution in [0.1, 0.15) is 38.3 Å². The Bertz CT molecular complexity index is 932. The van der Waals surface area contributed by atoms with Crippen LogP contribution in [-0.2, 0) is 9.59 Å². The third-order valence-corrected chi connectivity index (χ3v) is 5.66. The fourth-order valence-electron chi connectivity index (χ4n) is 3.93. The number of hydrogen-bond acceptors (Lipinski definition) is 3. The number of fused-ring (bicyclic) bond motifs is 1. The van der Waals surface area contributed by atoms with Crippen LogP contribution in [0, 0.1) is 5.92 Å². The number of urea groups is 1. The molecule has 4 rings (SSSR count). The minimum absolute atomic E-state index is 0.177. The lowest BCUT2D eigenvalue weighted by molar-refractivity contribution is -0.135. The van der Waals surface area contributed by atoms with E-state index in [1.54, 1.807) is 6.92 Å². The van der Waals surface area contributed by atoms with Crippen molar-refractivity contribution in [1.82, 2.24) is 15.5 Å². The second kappa shape index (κ2) is 6.37. The Labute approximate surface area is 157 Å². The molecule has 6 heteroatoms. The summed E-state index contributed by atoms with van der Waals surface area (Å²) in [6.45, 7) is 3.39. The molecule has 2 aliphatic rings. The van der Waals surface area contributed by atoms with Gasteiger partial charge in [0.25, 0.3) is 5.91 Å². The minimum atomic E-state index is -0.862. The summed E-state index contributed by atoms with van der Waals surface area (Å²) in [5, 5.41) is 7.86. The van der Waals surface area contributed by atoms with Crippen molar-refractivity contribution in [2.45, 2.75) is 38.3 Å². The van der Waals surface area contributed by atoms with Crippen molar-refractivity contribution in [2.24, 2.45) is 5.92 Å². The van der Waals surface area contributed by atoms with Crippen LogP contribution in [-0.4, -0.2) is 34.8 Å². The van der Waals surface area contributed by atoms with E-state index in [2.05, 4.69) is 10.6 Å². The van der Waals surface area contributed by atoms with Crippen molar-refractivity contribution in [3.05, 3.63) is 48.0 Å². The van der Waals surface area contributed by atoms with Gasteiger partial charge in [-0.25, -0.2) is 4.79 Å². The predicted octanol–water partition coefficient (Wildman–Crippen LogP) is 2.74. The molecule has 6 nitrogen and oxygen atoms in total. The van der Waals surface area contributed by atoms with Crippen molar-refractivity contribution in [3.8, 4) is 0 Å². The third kappa shape index (κ3) is 3.05. The molecule has 27 heavy (non-hydrogen) atoms. The first-order valence-corrected chi connectivity index (χ1v) is 9.31. The number of carbonyl (C=O) groups excluding carboxylic acids is 3. The lowest BCUT2D eigenvalue weighted by Crippen LogP contribution is -2.47. The van der Waals surface area contributed by atoms with Crippen molar-refractivity contribution in [3.63, 3.8) is 0 Å². The van der Waals surface area contributed by atoms with Gasteiger partial charge in [0.15, 0.2) is 0 Å². The average molecular weight is 365 g/mol. The van der Waals surface area contributed by atoms with E-state index in [1.165, 1.54) is 0 Å². The van der Waals surface area contributed by atoms with Gasteiger partial charge in [0, 0.05) is 0 Å². The van der Waals surface area contributed by atoms with Crippen LogP contribution in [0.15, 0.2) is 42.5 Å². The molecule has 2 unspecified atom stereocenters. The summed E-state index contributed by atoms with van der Waals surface area (Å²) in [6.07, 6.45) is 1.86. The largest absolute Gasteiger partial charge is 0.348 e. The van der Waals surface area contributed by atoms with Crippen LogP contribution in [0.25, 0.3) is 10.8 Å². The molecular weight excluding hydrogens is 342 g/mol. The first kappa shape index (κ1) is 17.5. The van der Waals surface area contributed by atoms with Gasteiger partial charge in [-0.2, -0.15) is 0 Å². The second-order valence-corrected chi connectivity index (χ2v) is 7.66. The van der Waals surface area contributed by atoms with E-state index in [9.17, 15) is 14.4 Å². The topological polar surface area (TPSA) is 78.5 Å². The third-order valence-electron chi connectivity index (χ3n) is 5.66. The Morgan fingerprint density at radius 1 is 1.22 bits per heavy atom. The average Bonchev–Trinajstić information content (AvgIpc) is 3.47. The smallest absolute Gasteiger partial charge is 0.325 e. The number of hydrogen-bond donors (Lipinski definition) is 2. The van der Waals surface area contributed by atoms with E-state index in [1.807, 2.05) is 49.4 Å². The number of nitrogens with one attached hydrogen (secondary N) is 2. The maximum absolute atomic E-state index is 12.6. The van der Waals surface area contributed by atoms with Crippen LogP contribution < -0.4 is 10.6 Å². The first-order chi connectivity index (χ1) is 12.9. The number of amides is 4. The van der Waals surface area contributed by atoms with Gasteiger partial charge < -0.3 is 10.6 Å². The number of benzene rings is 2. The highest BCUT2D eigenvalue weighted by Gasteiger charge is 2.56. The number of nitrogens with zero attached hydrogens (tertiary/aromatic N) is 1. The van der Waals surface area contributed by atoms with Gasteiger partial charge in [-0.1, -0.05) is 42.5 Å². The molecule has 2 aromatic rings. The summed E-state index contributed by atoms with van der Waals surface area (Å²) in [5.74, 6) is -0.474. The molecule has 2 N–H and O–H groups in total. The van der Waals surface area contributed by atoms with E-state index in [-0.39, 0.29) is 30.3 Å². The zero-order valence-corrected chi connectivity index (χ0v) is 15.5. The Hall–Kier alpha value is -2.89. The standard InChI is InChI=1S/C21H23N3O3/c1-13(16-9-5-7-14-6-3-4-8-17(14)16)22-18(25)12-24-19(26)21(2,15-10-11-15)23-20(24)27/h3-9,13,15H,10-12H2,1-2H3,(H,22,25)(H,23,27). The highest BCUT2D eigenvalue weighted by atomic mass is 16.2. The molecule has 1 aliphatic carbocycles. The van der Waals surface area contributed by atoms with Crippen LogP contribution >= 0.6 is 0 Å². The van der Waals surface area contributed by atoms with Crippen molar-refractivity contribution in [2.75, 3.05) is 6.54 Å².